The summed E-state index contributed by atoms with van der Waals surface area (Å²) in [5.41, 5.74) is 2.89. The summed E-state index contributed by atoms with van der Waals surface area (Å²) >= 11 is 0. The monoisotopic (exact) mass is 222 g/mol. The molecule has 0 saturated heterocycles. The second-order valence-corrected chi connectivity index (χ2v) is 3.74. The van der Waals surface area contributed by atoms with Crippen molar-refractivity contribution < 1.29 is 0 Å². The van der Waals surface area contributed by atoms with Gasteiger partial charge in [-0.2, -0.15) is 5.26 Å². The molecule has 0 N–H and O–H groups in total. The van der Waals surface area contributed by atoms with Crippen molar-refractivity contribution in [2.75, 3.05) is 6.54 Å². The lowest BCUT2D eigenvalue weighted by molar-refractivity contribution is 0.727. The van der Waals surface area contributed by atoms with E-state index < -0.39 is 0 Å². The summed E-state index contributed by atoms with van der Waals surface area (Å²) < 4.78 is 0. The van der Waals surface area contributed by atoms with Crippen LogP contribution in [0.3, 0.4) is 0 Å². The van der Waals surface area contributed by atoms with Crippen LogP contribution in [0.2, 0.25) is 0 Å². The maximum atomic E-state index is 8.92. The van der Waals surface area contributed by atoms with E-state index in [1.807, 2.05) is 42.5 Å². The average Bonchev–Trinajstić information content (AvgIpc) is 2.41. The van der Waals surface area contributed by atoms with Crippen LogP contribution in [0.4, 0.5) is 11.4 Å². The zero-order valence-electron chi connectivity index (χ0n) is 9.80. The molecule has 0 aromatic heterocycles. The van der Waals surface area contributed by atoms with Crippen LogP contribution in [-0.2, 0) is 0 Å². The van der Waals surface area contributed by atoms with E-state index in [1.165, 1.54) is 0 Å². The standard InChI is InChI=1S/C15H14N2/c1-2-17(14-8-4-3-5-9-14)15-10-6-7-13(11-15)12-16/h3-11H,2H2,1H3/q+1. The summed E-state index contributed by atoms with van der Waals surface area (Å²) in [7, 11) is 0. The molecule has 1 radical (unpaired) electrons. The van der Waals surface area contributed by atoms with Gasteiger partial charge in [-0.3, -0.25) is 0 Å². The Morgan fingerprint density at radius 2 is 1.71 bits per heavy atom. The van der Waals surface area contributed by atoms with Gasteiger partial charge in [-0.25, -0.2) is 0 Å². The summed E-state index contributed by atoms with van der Waals surface area (Å²) in [6, 6.07) is 20.0. The van der Waals surface area contributed by atoms with Gasteiger partial charge < -0.3 is 0 Å². The molecule has 0 aliphatic carbocycles. The van der Waals surface area contributed by atoms with Gasteiger partial charge >= 0.3 is 0 Å². The van der Waals surface area contributed by atoms with Crippen LogP contribution in [-0.4, -0.2) is 6.54 Å². The van der Waals surface area contributed by atoms with Crippen LogP contribution >= 0.6 is 0 Å². The molecule has 2 aromatic carbocycles. The Balaban J connectivity index is 2.39. The molecule has 0 aliphatic heterocycles. The molecular formula is C15H14N2+. The maximum Gasteiger partial charge on any atom is 0.187 e. The lowest BCUT2D eigenvalue weighted by Gasteiger charge is -2.08. The highest BCUT2D eigenvalue weighted by Crippen LogP contribution is 2.24. The fourth-order valence-corrected chi connectivity index (χ4v) is 1.87. The smallest absolute Gasteiger partial charge is 0.187 e. The quantitative estimate of drug-likeness (QED) is 0.728. The third-order valence-corrected chi connectivity index (χ3v) is 2.67. The highest BCUT2D eigenvalue weighted by atomic mass is 15.1. The number of benzene rings is 2. The molecule has 17 heavy (non-hydrogen) atoms. The normalized spacial score (nSPS) is 10.2. The van der Waals surface area contributed by atoms with Crippen LogP contribution in [0.15, 0.2) is 54.6 Å². The van der Waals surface area contributed by atoms with E-state index in [9.17, 15) is 0 Å². The average molecular weight is 222 g/mol. The number of nitrogens with zero attached hydrogens (tertiary/aromatic N) is 2. The minimum absolute atomic E-state index is 0.692. The van der Waals surface area contributed by atoms with Gasteiger partial charge in [-0.05, 0) is 13.0 Å². The number of rotatable bonds is 3. The first-order valence-electron chi connectivity index (χ1n) is 5.68. The van der Waals surface area contributed by atoms with Gasteiger partial charge in [0.1, 0.15) is 6.54 Å². The third kappa shape index (κ3) is 2.52. The third-order valence-electron chi connectivity index (χ3n) is 2.67. The SMILES string of the molecule is CC[N+](c1ccccc1)c1cccc(C#N)c1. The highest BCUT2D eigenvalue weighted by Gasteiger charge is 2.19. The van der Waals surface area contributed by atoms with Crippen molar-refractivity contribution in [1.82, 2.24) is 4.90 Å². The van der Waals surface area contributed by atoms with Gasteiger partial charge in [0.25, 0.3) is 0 Å². The second-order valence-electron chi connectivity index (χ2n) is 3.74. The molecule has 83 valence electrons. The van der Waals surface area contributed by atoms with Crippen LogP contribution < -0.4 is 4.90 Å². The Labute approximate surface area is 102 Å². The molecule has 0 unspecified atom stereocenters. The Bertz CT molecular complexity index is 526. The number of hydrogen-bond donors (Lipinski definition) is 0. The van der Waals surface area contributed by atoms with Crippen molar-refractivity contribution in [3.63, 3.8) is 0 Å². The van der Waals surface area contributed by atoms with Crippen molar-refractivity contribution in [3.8, 4) is 6.07 Å². The Hall–Kier alpha value is -2.11. The first kappa shape index (κ1) is 11.4. The first-order chi connectivity index (χ1) is 8.35. The van der Waals surface area contributed by atoms with Crippen molar-refractivity contribution in [2.24, 2.45) is 0 Å². The molecule has 0 fully saturated rings. The summed E-state index contributed by atoms with van der Waals surface area (Å²) in [5.74, 6) is 0. The zero-order valence-corrected chi connectivity index (χ0v) is 9.80. The predicted octanol–water partition coefficient (Wildman–Crippen LogP) is 3.68. The molecule has 0 bridgehead atoms. The first-order valence-corrected chi connectivity index (χ1v) is 5.68. The molecule has 0 aliphatic rings. The van der Waals surface area contributed by atoms with Crippen molar-refractivity contribution in [2.45, 2.75) is 6.92 Å². The molecule has 2 nitrogen and oxygen atoms in total. The molecule has 0 amide bonds. The van der Waals surface area contributed by atoms with E-state index in [0.29, 0.717) is 5.56 Å². The van der Waals surface area contributed by atoms with E-state index in [2.05, 4.69) is 30.0 Å². The van der Waals surface area contributed by atoms with Crippen LogP contribution in [0.25, 0.3) is 0 Å². The van der Waals surface area contributed by atoms with Gasteiger partial charge in [0.15, 0.2) is 11.4 Å². The maximum absolute atomic E-state index is 8.92. The number of anilines is 2. The summed E-state index contributed by atoms with van der Waals surface area (Å²) in [6.45, 7) is 2.98. The van der Waals surface area contributed by atoms with Gasteiger partial charge in [-0.1, -0.05) is 29.2 Å². The van der Waals surface area contributed by atoms with E-state index in [0.717, 1.165) is 17.9 Å². The topological polar surface area (TPSA) is 29.7 Å². The fourth-order valence-electron chi connectivity index (χ4n) is 1.87. The van der Waals surface area contributed by atoms with E-state index in [1.54, 1.807) is 0 Å². The Morgan fingerprint density at radius 3 is 2.35 bits per heavy atom. The van der Waals surface area contributed by atoms with Crippen LogP contribution in [0.5, 0.6) is 0 Å². The molecule has 2 rings (SSSR count). The molecule has 0 atom stereocenters. The minimum Gasteiger partial charge on any atom is -0.192 e. The zero-order chi connectivity index (χ0) is 12.1. The van der Waals surface area contributed by atoms with Gasteiger partial charge in [0, 0.05) is 24.3 Å². The van der Waals surface area contributed by atoms with E-state index in [-0.39, 0.29) is 0 Å². The van der Waals surface area contributed by atoms with E-state index in [4.69, 9.17) is 5.26 Å². The summed E-state index contributed by atoms with van der Waals surface area (Å²) in [5, 5.41) is 8.92. The predicted molar refractivity (Wildman–Crippen MR) is 69.6 cm³/mol. The minimum atomic E-state index is 0.692. The van der Waals surface area contributed by atoms with Crippen LogP contribution in [0, 0.1) is 11.3 Å². The summed E-state index contributed by atoms with van der Waals surface area (Å²) in [6.07, 6.45) is 0. The molecule has 2 heteroatoms. The number of para-hydroxylation sites is 1. The Morgan fingerprint density at radius 1 is 1.00 bits per heavy atom. The largest absolute Gasteiger partial charge is 0.192 e. The van der Waals surface area contributed by atoms with Crippen molar-refractivity contribution in [1.29, 1.82) is 5.26 Å². The Kier molecular flexibility index (Phi) is 3.54. The van der Waals surface area contributed by atoms with Gasteiger partial charge in [0.05, 0.1) is 11.6 Å². The van der Waals surface area contributed by atoms with Gasteiger partial charge in [-0.15, -0.1) is 0 Å². The lowest BCUT2D eigenvalue weighted by atomic mass is 10.2. The van der Waals surface area contributed by atoms with Crippen molar-refractivity contribution >= 4 is 11.4 Å². The van der Waals surface area contributed by atoms with E-state index >= 15 is 0 Å². The molecular weight excluding hydrogens is 208 g/mol. The van der Waals surface area contributed by atoms with Crippen LogP contribution in [0.1, 0.15) is 12.5 Å². The summed E-state index contributed by atoms with van der Waals surface area (Å²) in [4.78, 5) is 2.18. The number of hydrogen-bond acceptors (Lipinski definition) is 2. The molecule has 0 spiro atoms. The molecule has 0 saturated carbocycles. The van der Waals surface area contributed by atoms with Gasteiger partial charge in [0.2, 0.25) is 0 Å². The fraction of sp³-hybridized carbons (Fsp3) is 0.133. The molecule has 2 aromatic rings. The van der Waals surface area contributed by atoms with Crippen molar-refractivity contribution in [3.05, 3.63) is 60.2 Å². The second kappa shape index (κ2) is 5.29. The molecule has 0 heterocycles. The highest BCUT2D eigenvalue weighted by molar-refractivity contribution is 5.55. The lowest BCUT2D eigenvalue weighted by Crippen LogP contribution is -2.17. The number of nitriles is 1.